The van der Waals surface area contributed by atoms with Crippen molar-refractivity contribution in [3.63, 3.8) is 0 Å². The maximum absolute atomic E-state index is 4.64. The van der Waals surface area contributed by atoms with Gasteiger partial charge in [0.15, 0.2) is 0 Å². The Morgan fingerprint density at radius 3 is 1.15 bits per heavy atom. The topological polar surface area (TPSA) is 61.4 Å². The summed E-state index contributed by atoms with van der Waals surface area (Å²) in [5.74, 6) is 0. The third-order valence-corrected chi connectivity index (χ3v) is 8.63. The fourth-order valence-corrected chi connectivity index (χ4v) is 7.06. The van der Waals surface area contributed by atoms with Crippen molar-refractivity contribution in [1.29, 1.82) is 0 Å². The zero-order chi connectivity index (χ0) is 25.5. The van der Waals surface area contributed by atoms with Gasteiger partial charge in [-0.25, -0.2) is 0 Å². The largest absolute Gasteiger partial charge is 0.306 e. The van der Waals surface area contributed by atoms with Crippen molar-refractivity contribution < 1.29 is 0 Å². The minimum atomic E-state index is 0.921. The molecule has 0 bridgehead atoms. The number of thiophene rings is 1. The van der Waals surface area contributed by atoms with E-state index in [0.717, 1.165) is 55.5 Å². The van der Waals surface area contributed by atoms with Gasteiger partial charge in [-0.2, -0.15) is 0 Å². The van der Waals surface area contributed by atoms with E-state index in [1.807, 2.05) is 60.4 Å². The molecule has 39 heavy (non-hydrogen) atoms. The quantitative estimate of drug-likeness (QED) is 0.234. The lowest BCUT2D eigenvalue weighted by Crippen LogP contribution is -1.93. The van der Waals surface area contributed by atoms with Gasteiger partial charge in [0.1, 0.15) is 22.1 Å². The van der Waals surface area contributed by atoms with Gasteiger partial charge in [0.2, 0.25) is 0 Å². The molecule has 9 rings (SSSR count). The van der Waals surface area contributed by atoms with Crippen molar-refractivity contribution in [2.45, 2.75) is 0 Å². The Balaban J connectivity index is 1.27. The van der Waals surface area contributed by atoms with Gasteiger partial charge in [-0.1, -0.05) is 12.1 Å². The monoisotopic (exact) mass is 518 g/mol. The molecule has 0 atom stereocenters. The molecule has 0 saturated carbocycles. The number of hydrogen-bond acceptors (Lipinski definition) is 5. The van der Waals surface area contributed by atoms with E-state index < -0.39 is 0 Å². The van der Waals surface area contributed by atoms with Gasteiger partial charge in [-0.05, 0) is 72.8 Å². The van der Waals surface area contributed by atoms with Crippen LogP contribution in [0.3, 0.4) is 0 Å². The summed E-state index contributed by atoms with van der Waals surface area (Å²) in [6, 6.07) is 29.8. The smallest absolute Gasteiger partial charge is 0.115 e. The SMILES string of the molecule is c1cnc2c3ncccc3n(-c3ccc4c(c3)sc3cc(-n5c6cccnc6c6ncccc65)ccc34)c2c1. The summed E-state index contributed by atoms with van der Waals surface area (Å²) < 4.78 is 7.01. The summed E-state index contributed by atoms with van der Waals surface area (Å²) in [5.41, 5.74) is 10.1. The first-order valence-electron chi connectivity index (χ1n) is 12.7. The minimum Gasteiger partial charge on any atom is -0.306 e. The van der Waals surface area contributed by atoms with Crippen LogP contribution in [0.15, 0.2) is 110 Å². The van der Waals surface area contributed by atoms with E-state index in [4.69, 9.17) is 0 Å². The van der Waals surface area contributed by atoms with Crippen LogP contribution < -0.4 is 0 Å². The van der Waals surface area contributed by atoms with Gasteiger partial charge < -0.3 is 9.13 Å². The van der Waals surface area contributed by atoms with Gasteiger partial charge in [0.25, 0.3) is 0 Å². The highest BCUT2D eigenvalue weighted by Crippen LogP contribution is 2.39. The summed E-state index contributed by atoms with van der Waals surface area (Å²) in [6.07, 6.45) is 7.32. The van der Waals surface area contributed by atoms with Crippen LogP contribution in [0.25, 0.3) is 75.7 Å². The number of benzene rings is 2. The second-order valence-corrected chi connectivity index (χ2v) is 10.7. The number of nitrogens with zero attached hydrogens (tertiary/aromatic N) is 6. The van der Waals surface area contributed by atoms with Crippen molar-refractivity contribution in [2.24, 2.45) is 0 Å². The summed E-state index contributed by atoms with van der Waals surface area (Å²) in [6.45, 7) is 0. The Bertz CT molecular complexity index is 2140. The number of hydrogen-bond donors (Lipinski definition) is 0. The van der Waals surface area contributed by atoms with Gasteiger partial charge >= 0.3 is 0 Å². The van der Waals surface area contributed by atoms with Gasteiger partial charge in [0, 0.05) is 56.3 Å². The Hall–Kier alpha value is -5.14. The first-order chi connectivity index (χ1) is 19.3. The summed E-state index contributed by atoms with van der Waals surface area (Å²) in [4.78, 5) is 18.6. The Morgan fingerprint density at radius 1 is 0.436 bits per heavy atom. The van der Waals surface area contributed by atoms with Crippen LogP contribution in [0.2, 0.25) is 0 Å². The number of aromatic nitrogens is 6. The van der Waals surface area contributed by atoms with Crippen LogP contribution in [0.1, 0.15) is 0 Å². The molecule has 2 aromatic carbocycles. The van der Waals surface area contributed by atoms with Crippen molar-refractivity contribution in [3.05, 3.63) is 110 Å². The van der Waals surface area contributed by atoms with Crippen molar-refractivity contribution >= 4 is 75.6 Å². The molecule has 0 aliphatic rings. The molecule has 182 valence electrons. The first kappa shape index (κ1) is 20.9. The summed E-state index contributed by atoms with van der Waals surface area (Å²) in [5, 5.41) is 2.51. The molecule has 7 heterocycles. The van der Waals surface area contributed by atoms with E-state index in [0.29, 0.717) is 0 Å². The van der Waals surface area contributed by atoms with E-state index >= 15 is 0 Å². The molecule has 0 fully saturated rings. The molecule has 0 N–H and O–H groups in total. The van der Waals surface area contributed by atoms with Crippen LogP contribution >= 0.6 is 11.3 Å². The molecule has 0 unspecified atom stereocenters. The molecule has 7 heteroatoms. The lowest BCUT2D eigenvalue weighted by Gasteiger charge is -2.08. The average molecular weight is 519 g/mol. The molecule has 7 aromatic heterocycles. The van der Waals surface area contributed by atoms with E-state index in [-0.39, 0.29) is 0 Å². The molecule has 6 nitrogen and oxygen atoms in total. The molecule has 9 aromatic rings. The molecule has 0 amide bonds. The maximum atomic E-state index is 4.64. The molecular formula is C32H18N6S. The second kappa shape index (κ2) is 7.69. The van der Waals surface area contributed by atoms with Crippen LogP contribution in [0.4, 0.5) is 0 Å². The maximum Gasteiger partial charge on any atom is 0.115 e. The minimum absolute atomic E-state index is 0.921. The van der Waals surface area contributed by atoms with Crippen molar-refractivity contribution in [3.8, 4) is 11.4 Å². The number of pyridine rings is 4. The zero-order valence-corrected chi connectivity index (χ0v) is 21.3. The predicted molar refractivity (Wildman–Crippen MR) is 159 cm³/mol. The third-order valence-electron chi connectivity index (χ3n) is 7.51. The van der Waals surface area contributed by atoms with E-state index in [2.05, 4.69) is 89.7 Å². The summed E-state index contributed by atoms with van der Waals surface area (Å²) in [7, 11) is 0. The average Bonchev–Trinajstić information content (AvgIpc) is 3.64. The standard InChI is InChI=1S/C32H18N6S/c1-5-23-29(33-13-1)30-24(6-2-14-34-30)37(23)19-9-11-21-22-12-10-20(18-28(22)39-27(21)17-19)38-25-7-3-15-35-31(25)32-26(38)8-4-16-36-32/h1-18H. The first-order valence-corrected chi connectivity index (χ1v) is 13.5. The number of fused-ring (bicyclic) bond motifs is 9. The highest BCUT2D eigenvalue weighted by Gasteiger charge is 2.17. The predicted octanol–water partition coefficient (Wildman–Crippen LogP) is 7.83. The molecule has 0 spiro atoms. The second-order valence-electron chi connectivity index (χ2n) is 9.62. The lowest BCUT2D eigenvalue weighted by molar-refractivity contribution is 1.18. The normalized spacial score (nSPS) is 12.1. The lowest BCUT2D eigenvalue weighted by atomic mass is 10.1. The highest BCUT2D eigenvalue weighted by molar-refractivity contribution is 7.25. The van der Waals surface area contributed by atoms with Gasteiger partial charge in [-0.15, -0.1) is 11.3 Å². The van der Waals surface area contributed by atoms with Crippen LogP contribution in [-0.4, -0.2) is 29.1 Å². The van der Waals surface area contributed by atoms with Crippen LogP contribution in [0.5, 0.6) is 0 Å². The Morgan fingerprint density at radius 2 is 0.795 bits per heavy atom. The summed E-state index contributed by atoms with van der Waals surface area (Å²) >= 11 is 1.82. The third kappa shape index (κ3) is 2.85. The van der Waals surface area contributed by atoms with Crippen LogP contribution in [-0.2, 0) is 0 Å². The van der Waals surface area contributed by atoms with E-state index in [1.165, 1.54) is 20.2 Å². The molecular weight excluding hydrogens is 500 g/mol. The fraction of sp³-hybridized carbons (Fsp3) is 0. The molecule has 0 aliphatic heterocycles. The molecule has 0 radical (unpaired) electrons. The molecule has 0 aliphatic carbocycles. The Kier molecular flexibility index (Phi) is 4.11. The van der Waals surface area contributed by atoms with E-state index in [1.54, 1.807) is 0 Å². The van der Waals surface area contributed by atoms with E-state index in [9.17, 15) is 0 Å². The van der Waals surface area contributed by atoms with Crippen molar-refractivity contribution in [1.82, 2.24) is 29.1 Å². The molecule has 0 saturated heterocycles. The highest BCUT2D eigenvalue weighted by atomic mass is 32.1. The van der Waals surface area contributed by atoms with Crippen molar-refractivity contribution in [2.75, 3.05) is 0 Å². The van der Waals surface area contributed by atoms with Crippen LogP contribution in [0, 0.1) is 0 Å². The fourth-order valence-electron chi connectivity index (χ4n) is 5.89. The van der Waals surface area contributed by atoms with Gasteiger partial charge in [-0.3, -0.25) is 19.9 Å². The Labute approximate surface area is 225 Å². The number of rotatable bonds is 2. The van der Waals surface area contributed by atoms with Gasteiger partial charge in [0.05, 0.1) is 22.1 Å². The zero-order valence-electron chi connectivity index (χ0n) is 20.5.